The van der Waals surface area contributed by atoms with Crippen molar-refractivity contribution >= 4 is 39.3 Å². The normalized spacial score (nSPS) is 11.4. The van der Waals surface area contributed by atoms with Gasteiger partial charge in [0.05, 0.1) is 17.7 Å². The number of benzene rings is 2. The van der Waals surface area contributed by atoms with Crippen LogP contribution >= 0.6 is 0 Å². The molecule has 0 bridgehead atoms. The van der Waals surface area contributed by atoms with Crippen molar-refractivity contribution in [2.45, 2.75) is 18.4 Å². The molecule has 1 aromatic heterocycles. The fourth-order valence-corrected chi connectivity index (χ4v) is 3.61. The van der Waals surface area contributed by atoms with Crippen LogP contribution in [0.2, 0.25) is 0 Å². The maximum absolute atomic E-state index is 12.3. The molecule has 0 unspecified atom stereocenters. The molecule has 0 fully saturated rings. The van der Waals surface area contributed by atoms with Gasteiger partial charge in [-0.2, -0.15) is 0 Å². The average Bonchev–Trinajstić information content (AvgIpc) is 3.26. The van der Waals surface area contributed by atoms with E-state index in [0.717, 1.165) is 0 Å². The predicted molar refractivity (Wildman–Crippen MR) is 118 cm³/mol. The Bertz CT molecular complexity index is 1170. The van der Waals surface area contributed by atoms with Crippen molar-refractivity contribution < 1.29 is 22.4 Å². The summed E-state index contributed by atoms with van der Waals surface area (Å²) in [7, 11) is -3.68. The zero-order chi connectivity index (χ0) is 22.3. The lowest BCUT2D eigenvalue weighted by atomic mass is 10.2. The predicted octanol–water partition coefficient (Wildman–Crippen LogP) is 3.37. The largest absolute Gasteiger partial charge is 0.468 e. The standard InChI is InChI=1S/C22H21N3O5S/c1-16(26)24-18-7-9-19(10-8-18)25-22(27)13-6-17-4-11-21(12-5-17)31(28,29)23-15-20-3-2-14-30-20/h2-14,23H,15H2,1H3,(H,24,26)(H,25,27). The summed E-state index contributed by atoms with van der Waals surface area (Å²) >= 11 is 0. The van der Waals surface area contributed by atoms with E-state index in [2.05, 4.69) is 15.4 Å². The third-order valence-corrected chi connectivity index (χ3v) is 5.52. The summed E-state index contributed by atoms with van der Waals surface area (Å²) in [5.74, 6) is -0.00479. The van der Waals surface area contributed by atoms with E-state index in [1.54, 1.807) is 54.6 Å². The maximum Gasteiger partial charge on any atom is 0.248 e. The highest BCUT2D eigenvalue weighted by Gasteiger charge is 2.14. The highest BCUT2D eigenvalue weighted by Crippen LogP contribution is 2.15. The van der Waals surface area contributed by atoms with E-state index in [9.17, 15) is 18.0 Å². The van der Waals surface area contributed by atoms with Gasteiger partial charge < -0.3 is 15.1 Å². The summed E-state index contributed by atoms with van der Waals surface area (Å²) < 4.78 is 32.2. The highest BCUT2D eigenvalue weighted by atomic mass is 32.2. The van der Waals surface area contributed by atoms with Gasteiger partial charge in [-0.25, -0.2) is 13.1 Å². The minimum atomic E-state index is -3.68. The van der Waals surface area contributed by atoms with Crippen LogP contribution in [-0.2, 0) is 26.2 Å². The Morgan fingerprint density at radius 2 is 1.58 bits per heavy atom. The van der Waals surface area contributed by atoms with Crippen LogP contribution in [0.4, 0.5) is 11.4 Å². The van der Waals surface area contributed by atoms with Gasteiger partial charge in [0.1, 0.15) is 5.76 Å². The van der Waals surface area contributed by atoms with E-state index >= 15 is 0 Å². The van der Waals surface area contributed by atoms with Crippen molar-refractivity contribution in [3.63, 3.8) is 0 Å². The van der Waals surface area contributed by atoms with Gasteiger partial charge in [0.25, 0.3) is 0 Å². The number of hydrogen-bond donors (Lipinski definition) is 3. The van der Waals surface area contributed by atoms with Crippen molar-refractivity contribution in [3.05, 3.63) is 84.3 Å². The summed E-state index contributed by atoms with van der Waals surface area (Å²) in [6.07, 6.45) is 4.40. The highest BCUT2D eigenvalue weighted by molar-refractivity contribution is 7.89. The second-order valence-corrected chi connectivity index (χ2v) is 8.32. The van der Waals surface area contributed by atoms with Crippen molar-refractivity contribution in [3.8, 4) is 0 Å². The molecule has 0 atom stereocenters. The lowest BCUT2D eigenvalue weighted by Crippen LogP contribution is -2.22. The number of amides is 2. The monoisotopic (exact) mass is 439 g/mol. The molecule has 3 aromatic rings. The first-order chi connectivity index (χ1) is 14.8. The molecule has 2 aromatic carbocycles. The van der Waals surface area contributed by atoms with Crippen molar-refractivity contribution in [1.29, 1.82) is 0 Å². The number of carbonyl (C=O) groups is 2. The summed E-state index contributed by atoms with van der Waals surface area (Å²) in [4.78, 5) is 23.2. The molecule has 0 radical (unpaired) electrons. The number of anilines is 2. The Morgan fingerprint density at radius 1 is 0.935 bits per heavy atom. The number of furan rings is 1. The minimum absolute atomic E-state index is 0.0585. The summed E-state index contributed by atoms with van der Waals surface area (Å²) in [5.41, 5.74) is 1.88. The number of hydrogen-bond acceptors (Lipinski definition) is 5. The molecular formula is C22H21N3O5S. The van der Waals surface area contributed by atoms with Gasteiger partial charge in [0, 0.05) is 24.4 Å². The Kier molecular flexibility index (Phi) is 7.01. The zero-order valence-corrected chi connectivity index (χ0v) is 17.5. The Hall–Kier alpha value is -3.69. The molecule has 0 saturated heterocycles. The molecule has 2 amide bonds. The van der Waals surface area contributed by atoms with Gasteiger partial charge in [-0.05, 0) is 60.2 Å². The Labute approximate surface area is 180 Å². The molecular weight excluding hydrogens is 418 g/mol. The van der Waals surface area contributed by atoms with Crippen LogP contribution in [0.3, 0.4) is 0 Å². The fraction of sp³-hybridized carbons (Fsp3) is 0.0909. The third-order valence-electron chi connectivity index (χ3n) is 4.11. The Balaban J connectivity index is 1.56. The van der Waals surface area contributed by atoms with Crippen LogP contribution in [0.25, 0.3) is 6.08 Å². The number of carbonyl (C=O) groups excluding carboxylic acids is 2. The first-order valence-corrected chi connectivity index (χ1v) is 10.8. The van der Waals surface area contributed by atoms with Gasteiger partial charge in [0.2, 0.25) is 21.8 Å². The first kappa shape index (κ1) is 22.0. The van der Waals surface area contributed by atoms with Gasteiger partial charge in [-0.1, -0.05) is 12.1 Å². The van der Waals surface area contributed by atoms with E-state index in [1.807, 2.05) is 0 Å². The topological polar surface area (TPSA) is 118 Å². The molecule has 31 heavy (non-hydrogen) atoms. The molecule has 0 aliphatic heterocycles. The van der Waals surface area contributed by atoms with Crippen molar-refractivity contribution in [2.24, 2.45) is 0 Å². The second kappa shape index (κ2) is 9.88. The number of nitrogens with one attached hydrogen (secondary N) is 3. The van der Waals surface area contributed by atoms with Crippen LogP contribution in [0, 0.1) is 0 Å². The maximum atomic E-state index is 12.3. The SMILES string of the molecule is CC(=O)Nc1ccc(NC(=O)C=Cc2ccc(S(=O)(=O)NCc3ccco3)cc2)cc1. The number of rotatable bonds is 8. The fourth-order valence-electron chi connectivity index (χ4n) is 2.62. The van der Waals surface area contributed by atoms with Gasteiger partial charge in [-0.3, -0.25) is 9.59 Å². The summed E-state index contributed by atoms with van der Waals surface area (Å²) in [5, 5.41) is 5.35. The Morgan fingerprint density at radius 3 is 2.16 bits per heavy atom. The lowest BCUT2D eigenvalue weighted by Gasteiger charge is -2.06. The molecule has 0 spiro atoms. The van der Waals surface area contributed by atoms with E-state index < -0.39 is 10.0 Å². The van der Waals surface area contributed by atoms with E-state index in [4.69, 9.17) is 4.42 Å². The lowest BCUT2D eigenvalue weighted by molar-refractivity contribution is -0.114. The molecule has 8 nitrogen and oxygen atoms in total. The van der Waals surface area contributed by atoms with Gasteiger partial charge >= 0.3 is 0 Å². The molecule has 9 heteroatoms. The third kappa shape index (κ3) is 6.66. The zero-order valence-electron chi connectivity index (χ0n) is 16.7. The minimum Gasteiger partial charge on any atom is -0.468 e. The smallest absolute Gasteiger partial charge is 0.248 e. The van der Waals surface area contributed by atoms with Crippen molar-refractivity contribution in [2.75, 3.05) is 10.6 Å². The quantitative estimate of drug-likeness (QED) is 0.465. The van der Waals surface area contributed by atoms with Crippen LogP contribution in [-0.4, -0.2) is 20.2 Å². The van der Waals surface area contributed by atoms with E-state index in [0.29, 0.717) is 22.7 Å². The molecule has 0 aliphatic carbocycles. The molecule has 0 saturated carbocycles. The molecule has 1 heterocycles. The van der Waals surface area contributed by atoms with Crippen LogP contribution in [0.15, 0.2) is 82.3 Å². The van der Waals surface area contributed by atoms with Crippen molar-refractivity contribution in [1.82, 2.24) is 4.72 Å². The number of sulfonamides is 1. The second-order valence-electron chi connectivity index (χ2n) is 6.55. The van der Waals surface area contributed by atoms with E-state index in [1.165, 1.54) is 31.4 Å². The van der Waals surface area contributed by atoms with E-state index in [-0.39, 0.29) is 23.3 Å². The van der Waals surface area contributed by atoms with Gasteiger partial charge in [0.15, 0.2) is 0 Å². The van der Waals surface area contributed by atoms with Crippen LogP contribution in [0.5, 0.6) is 0 Å². The molecule has 160 valence electrons. The molecule has 3 N–H and O–H groups in total. The summed E-state index contributed by atoms with van der Waals surface area (Å²) in [6, 6.07) is 16.2. The van der Waals surface area contributed by atoms with Gasteiger partial charge in [-0.15, -0.1) is 0 Å². The molecule has 0 aliphatic rings. The van der Waals surface area contributed by atoms with Crippen LogP contribution < -0.4 is 15.4 Å². The average molecular weight is 439 g/mol. The first-order valence-electron chi connectivity index (χ1n) is 9.31. The molecule has 3 rings (SSSR count). The summed E-state index contributed by atoms with van der Waals surface area (Å²) in [6.45, 7) is 1.48. The van der Waals surface area contributed by atoms with Crippen LogP contribution in [0.1, 0.15) is 18.2 Å².